The third-order valence-electron chi connectivity index (χ3n) is 4.98. The van der Waals surface area contributed by atoms with Gasteiger partial charge in [-0.05, 0) is 63.2 Å². The van der Waals surface area contributed by atoms with Crippen LogP contribution in [-0.4, -0.2) is 43.5 Å². The minimum atomic E-state index is 0.101. The van der Waals surface area contributed by atoms with Crippen LogP contribution in [0.4, 0.5) is 0 Å². The number of ether oxygens (including phenoxy) is 1. The topological polar surface area (TPSA) is 54.5 Å². The standard InChI is InChI=1S/C23H29N3O2S/c1-26(2)20(17-9-8-10-18(15-17)28-3)16-24-22(27)13-6-7-14-23-25-19-11-4-5-12-21(19)29-23/h4-5,8-12,15,20H,6-7,13-14,16H2,1-3H3,(H,24,27). The predicted molar refractivity (Wildman–Crippen MR) is 120 cm³/mol. The minimum absolute atomic E-state index is 0.101. The van der Waals surface area contributed by atoms with Crippen molar-refractivity contribution in [1.29, 1.82) is 0 Å². The fraction of sp³-hybridized carbons (Fsp3) is 0.391. The predicted octanol–water partition coefficient (Wildman–Crippen LogP) is 4.44. The molecule has 0 saturated carbocycles. The van der Waals surface area contributed by atoms with Gasteiger partial charge in [0, 0.05) is 13.0 Å². The van der Waals surface area contributed by atoms with Crippen LogP contribution in [0.25, 0.3) is 10.2 Å². The molecule has 1 atom stereocenters. The van der Waals surface area contributed by atoms with E-state index in [0.29, 0.717) is 13.0 Å². The highest BCUT2D eigenvalue weighted by molar-refractivity contribution is 7.18. The van der Waals surface area contributed by atoms with E-state index in [2.05, 4.69) is 27.3 Å². The number of hydrogen-bond acceptors (Lipinski definition) is 5. The molecule has 0 fully saturated rings. The zero-order chi connectivity index (χ0) is 20.6. The van der Waals surface area contributed by atoms with Crippen LogP contribution in [-0.2, 0) is 11.2 Å². The van der Waals surface area contributed by atoms with Gasteiger partial charge in [0.2, 0.25) is 5.91 Å². The summed E-state index contributed by atoms with van der Waals surface area (Å²) in [6.07, 6.45) is 3.31. The second-order valence-electron chi connectivity index (χ2n) is 7.34. The highest BCUT2D eigenvalue weighted by Crippen LogP contribution is 2.23. The molecular formula is C23H29N3O2S. The number of benzene rings is 2. The molecule has 1 N–H and O–H groups in total. The van der Waals surface area contributed by atoms with Gasteiger partial charge in [0.15, 0.2) is 0 Å². The van der Waals surface area contributed by atoms with E-state index in [-0.39, 0.29) is 11.9 Å². The minimum Gasteiger partial charge on any atom is -0.497 e. The number of thiazole rings is 1. The van der Waals surface area contributed by atoms with Crippen molar-refractivity contribution in [2.75, 3.05) is 27.7 Å². The molecule has 5 nitrogen and oxygen atoms in total. The number of carbonyl (C=O) groups excluding carboxylic acids is 1. The van der Waals surface area contributed by atoms with E-state index in [1.54, 1.807) is 18.4 Å². The first kappa shape index (κ1) is 21.3. The molecule has 1 amide bonds. The number of carbonyl (C=O) groups is 1. The average molecular weight is 412 g/mol. The fourth-order valence-corrected chi connectivity index (χ4v) is 4.34. The summed E-state index contributed by atoms with van der Waals surface area (Å²) in [7, 11) is 5.71. The lowest BCUT2D eigenvalue weighted by molar-refractivity contribution is -0.121. The van der Waals surface area contributed by atoms with Crippen molar-refractivity contribution < 1.29 is 9.53 Å². The van der Waals surface area contributed by atoms with Gasteiger partial charge in [0.25, 0.3) is 0 Å². The molecule has 1 unspecified atom stereocenters. The Morgan fingerprint density at radius 1 is 1.17 bits per heavy atom. The molecule has 0 saturated heterocycles. The summed E-state index contributed by atoms with van der Waals surface area (Å²) < 4.78 is 6.55. The van der Waals surface area contributed by atoms with E-state index in [9.17, 15) is 4.79 Å². The normalized spacial score (nSPS) is 12.3. The van der Waals surface area contributed by atoms with Gasteiger partial charge in [-0.1, -0.05) is 24.3 Å². The van der Waals surface area contributed by atoms with Crippen molar-refractivity contribution in [3.8, 4) is 5.75 Å². The van der Waals surface area contributed by atoms with Crippen molar-refractivity contribution in [3.05, 3.63) is 59.1 Å². The molecule has 154 valence electrons. The number of nitrogens with zero attached hydrogens (tertiary/aromatic N) is 2. The molecule has 3 rings (SSSR count). The van der Waals surface area contributed by atoms with Gasteiger partial charge < -0.3 is 15.0 Å². The van der Waals surface area contributed by atoms with Gasteiger partial charge in [-0.2, -0.15) is 0 Å². The maximum atomic E-state index is 12.3. The molecule has 0 aliphatic rings. The summed E-state index contributed by atoms with van der Waals surface area (Å²) in [6, 6.07) is 16.3. The number of fused-ring (bicyclic) bond motifs is 1. The first-order valence-electron chi connectivity index (χ1n) is 9.98. The van der Waals surface area contributed by atoms with Gasteiger partial charge in [-0.3, -0.25) is 4.79 Å². The molecule has 0 radical (unpaired) electrons. The van der Waals surface area contributed by atoms with Gasteiger partial charge in [0.1, 0.15) is 5.75 Å². The van der Waals surface area contributed by atoms with E-state index in [1.807, 2.05) is 50.5 Å². The number of hydrogen-bond donors (Lipinski definition) is 1. The second-order valence-corrected chi connectivity index (χ2v) is 8.46. The molecule has 0 spiro atoms. The average Bonchev–Trinajstić information content (AvgIpc) is 3.14. The van der Waals surface area contributed by atoms with Crippen molar-refractivity contribution in [2.24, 2.45) is 0 Å². The third-order valence-corrected chi connectivity index (χ3v) is 6.07. The van der Waals surface area contributed by atoms with Gasteiger partial charge in [-0.15, -0.1) is 11.3 Å². The fourth-order valence-electron chi connectivity index (χ4n) is 3.33. The number of rotatable bonds is 10. The Kier molecular flexibility index (Phi) is 7.61. The van der Waals surface area contributed by atoms with Crippen molar-refractivity contribution in [2.45, 2.75) is 31.7 Å². The van der Waals surface area contributed by atoms with Gasteiger partial charge >= 0.3 is 0 Å². The van der Waals surface area contributed by atoms with Crippen LogP contribution < -0.4 is 10.1 Å². The molecule has 2 aromatic carbocycles. The first-order valence-corrected chi connectivity index (χ1v) is 10.8. The molecule has 0 aliphatic heterocycles. The summed E-state index contributed by atoms with van der Waals surface area (Å²) in [6.45, 7) is 0.580. The number of aryl methyl sites for hydroxylation is 1. The largest absolute Gasteiger partial charge is 0.497 e. The molecule has 3 aromatic rings. The van der Waals surface area contributed by atoms with Crippen LogP contribution in [0.15, 0.2) is 48.5 Å². The number of nitrogens with one attached hydrogen (secondary N) is 1. The summed E-state index contributed by atoms with van der Waals surface area (Å²) in [5, 5.41) is 4.24. The van der Waals surface area contributed by atoms with E-state index >= 15 is 0 Å². The Labute approximate surface area is 176 Å². The molecule has 1 aromatic heterocycles. The zero-order valence-electron chi connectivity index (χ0n) is 17.4. The number of methoxy groups -OCH3 is 1. The van der Waals surface area contributed by atoms with Crippen LogP contribution in [0, 0.1) is 0 Å². The summed E-state index contributed by atoms with van der Waals surface area (Å²) in [5.74, 6) is 0.930. The second kappa shape index (κ2) is 10.4. The van der Waals surface area contributed by atoms with E-state index in [0.717, 1.165) is 41.1 Å². The Morgan fingerprint density at radius 3 is 2.76 bits per heavy atom. The van der Waals surface area contributed by atoms with E-state index in [4.69, 9.17) is 4.74 Å². The van der Waals surface area contributed by atoms with Crippen LogP contribution in [0.3, 0.4) is 0 Å². The lowest BCUT2D eigenvalue weighted by Crippen LogP contribution is -2.34. The molecular weight excluding hydrogens is 382 g/mol. The third kappa shape index (κ3) is 6.02. The number of likely N-dealkylation sites (N-methyl/N-ethyl adjacent to an activating group) is 1. The smallest absolute Gasteiger partial charge is 0.220 e. The summed E-state index contributed by atoms with van der Waals surface area (Å²) in [4.78, 5) is 19.1. The molecule has 0 aliphatic carbocycles. The first-order chi connectivity index (χ1) is 14.1. The van der Waals surface area contributed by atoms with E-state index in [1.165, 1.54) is 4.70 Å². The van der Waals surface area contributed by atoms with Crippen molar-refractivity contribution in [1.82, 2.24) is 15.2 Å². The summed E-state index contributed by atoms with van der Waals surface area (Å²) >= 11 is 1.75. The molecule has 6 heteroatoms. The quantitative estimate of drug-likeness (QED) is 0.501. The van der Waals surface area contributed by atoms with Crippen molar-refractivity contribution in [3.63, 3.8) is 0 Å². The number of amides is 1. The highest BCUT2D eigenvalue weighted by atomic mass is 32.1. The number of aromatic nitrogens is 1. The number of unbranched alkanes of at least 4 members (excludes halogenated alkanes) is 1. The number of para-hydroxylation sites is 1. The Morgan fingerprint density at radius 2 is 2.00 bits per heavy atom. The Bertz CT molecular complexity index is 906. The summed E-state index contributed by atoms with van der Waals surface area (Å²) in [5.41, 5.74) is 2.20. The van der Waals surface area contributed by atoms with Crippen molar-refractivity contribution >= 4 is 27.5 Å². The molecule has 1 heterocycles. The molecule has 29 heavy (non-hydrogen) atoms. The van der Waals surface area contributed by atoms with Gasteiger partial charge in [-0.25, -0.2) is 4.98 Å². The van der Waals surface area contributed by atoms with Crippen LogP contribution in [0.1, 0.15) is 35.9 Å². The highest BCUT2D eigenvalue weighted by Gasteiger charge is 2.16. The SMILES string of the molecule is COc1cccc(C(CNC(=O)CCCCc2nc3ccccc3s2)N(C)C)c1. The van der Waals surface area contributed by atoms with Crippen LogP contribution >= 0.6 is 11.3 Å². The van der Waals surface area contributed by atoms with Crippen LogP contribution in [0.2, 0.25) is 0 Å². The maximum absolute atomic E-state index is 12.3. The maximum Gasteiger partial charge on any atom is 0.220 e. The van der Waals surface area contributed by atoms with Crippen LogP contribution in [0.5, 0.6) is 5.75 Å². The zero-order valence-corrected chi connectivity index (χ0v) is 18.2. The lowest BCUT2D eigenvalue weighted by Gasteiger charge is -2.25. The molecule has 0 bridgehead atoms. The lowest BCUT2D eigenvalue weighted by atomic mass is 10.1. The Balaban J connectivity index is 1.43. The van der Waals surface area contributed by atoms with E-state index < -0.39 is 0 Å². The monoisotopic (exact) mass is 411 g/mol. The Hall–Kier alpha value is -2.44. The van der Waals surface area contributed by atoms with Gasteiger partial charge in [0.05, 0.1) is 28.4 Å².